The fourth-order valence-corrected chi connectivity index (χ4v) is 4.53. The zero-order valence-corrected chi connectivity index (χ0v) is 18.4. The standard InChI is InChI=1S/C20H34N4O5/c1-13(2)23-11-14(9-16(23)17(25)28-6)24-12-15-10-21(7-8-22(15)18(24)26)19(27)29-20(3,4)5/h13-16H,7-12H2,1-6H3/t14-,15-,16-/m0/s1. The second kappa shape index (κ2) is 8.01. The lowest BCUT2D eigenvalue weighted by atomic mass is 10.1. The summed E-state index contributed by atoms with van der Waals surface area (Å²) < 4.78 is 10.5. The van der Waals surface area contributed by atoms with Crippen molar-refractivity contribution in [1.29, 1.82) is 0 Å². The molecule has 3 amide bonds. The van der Waals surface area contributed by atoms with Crippen LogP contribution in [0.25, 0.3) is 0 Å². The maximum Gasteiger partial charge on any atom is 0.410 e. The molecule has 3 fully saturated rings. The van der Waals surface area contributed by atoms with Gasteiger partial charge in [-0.15, -0.1) is 0 Å². The first kappa shape index (κ1) is 21.7. The monoisotopic (exact) mass is 410 g/mol. The number of likely N-dealkylation sites (tertiary alicyclic amines) is 1. The molecule has 0 unspecified atom stereocenters. The molecule has 164 valence electrons. The molecule has 3 heterocycles. The summed E-state index contributed by atoms with van der Waals surface area (Å²) in [7, 11) is 1.40. The average Bonchev–Trinajstić information content (AvgIpc) is 3.21. The molecule has 0 aliphatic carbocycles. The highest BCUT2D eigenvalue weighted by Crippen LogP contribution is 2.30. The Balaban J connectivity index is 1.66. The molecule has 0 spiro atoms. The number of amides is 3. The Morgan fingerprint density at radius 2 is 1.72 bits per heavy atom. The molecule has 0 aromatic carbocycles. The molecule has 0 radical (unpaired) electrons. The Labute approximate surface area is 172 Å². The lowest BCUT2D eigenvalue weighted by molar-refractivity contribution is -0.146. The van der Waals surface area contributed by atoms with E-state index < -0.39 is 5.60 Å². The van der Waals surface area contributed by atoms with Crippen molar-refractivity contribution >= 4 is 18.1 Å². The topological polar surface area (TPSA) is 82.6 Å². The number of rotatable bonds is 3. The Morgan fingerprint density at radius 3 is 2.31 bits per heavy atom. The quantitative estimate of drug-likeness (QED) is 0.654. The van der Waals surface area contributed by atoms with E-state index in [0.29, 0.717) is 39.1 Å². The van der Waals surface area contributed by atoms with Crippen LogP contribution in [0.2, 0.25) is 0 Å². The molecule has 0 saturated carbocycles. The molecule has 3 rings (SSSR count). The number of carbonyl (C=O) groups excluding carboxylic acids is 3. The highest BCUT2D eigenvalue weighted by Gasteiger charge is 2.49. The van der Waals surface area contributed by atoms with E-state index in [0.717, 1.165) is 0 Å². The smallest absolute Gasteiger partial charge is 0.410 e. The van der Waals surface area contributed by atoms with Gasteiger partial charge in [-0.1, -0.05) is 0 Å². The maximum atomic E-state index is 13.0. The third-order valence-corrected chi connectivity index (χ3v) is 5.93. The lowest BCUT2D eigenvalue weighted by Gasteiger charge is -2.37. The third kappa shape index (κ3) is 4.44. The molecule has 9 nitrogen and oxygen atoms in total. The minimum absolute atomic E-state index is 0.00180. The minimum atomic E-state index is -0.543. The van der Waals surface area contributed by atoms with Gasteiger partial charge in [-0.2, -0.15) is 0 Å². The second-order valence-electron chi connectivity index (χ2n) is 9.43. The Kier molecular flexibility index (Phi) is 5.98. The highest BCUT2D eigenvalue weighted by molar-refractivity contribution is 5.80. The van der Waals surface area contributed by atoms with Crippen LogP contribution in [0.5, 0.6) is 0 Å². The second-order valence-corrected chi connectivity index (χ2v) is 9.43. The molecule has 0 aromatic heterocycles. The molecule has 0 bridgehead atoms. The van der Waals surface area contributed by atoms with Gasteiger partial charge in [0.15, 0.2) is 0 Å². The largest absolute Gasteiger partial charge is 0.468 e. The summed E-state index contributed by atoms with van der Waals surface area (Å²) in [6, 6.07) is -0.221. The van der Waals surface area contributed by atoms with Crippen molar-refractivity contribution in [2.45, 2.75) is 70.8 Å². The summed E-state index contributed by atoms with van der Waals surface area (Å²) in [6.07, 6.45) is 0.244. The van der Waals surface area contributed by atoms with Gasteiger partial charge in [0.1, 0.15) is 11.6 Å². The van der Waals surface area contributed by atoms with E-state index in [1.807, 2.05) is 44.4 Å². The van der Waals surface area contributed by atoms with Crippen LogP contribution >= 0.6 is 0 Å². The number of carbonyl (C=O) groups is 3. The number of hydrogen-bond acceptors (Lipinski definition) is 6. The summed E-state index contributed by atoms with van der Waals surface area (Å²) in [6.45, 7) is 12.3. The van der Waals surface area contributed by atoms with Crippen LogP contribution in [0.4, 0.5) is 9.59 Å². The molecule has 29 heavy (non-hydrogen) atoms. The van der Waals surface area contributed by atoms with Gasteiger partial charge < -0.3 is 24.2 Å². The summed E-state index contributed by atoms with van der Waals surface area (Å²) in [5, 5.41) is 0. The first-order valence-corrected chi connectivity index (χ1v) is 10.4. The number of urea groups is 1. The summed E-state index contributed by atoms with van der Waals surface area (Å²) in [4.78, 5) is 45.2. The van der Waals surface area contributed by atoms with E-state index in [-0.39, 0.29) is 42.3 Å². The Morgan fingerprint density at radius 1 is 1.03 bits per heavy atom. The van der Waals surface area contributed by atoms with E-state index in [2.05, 4.69) is 4.90 Å². The predicted octanol–water partition coefficient (Wildman–Crippen LogP) is 1.37. The van der Waals surface area contributed by atoms with E-state index in [9.17, 15) is 14.4 Å². The van der Waals surface area contributed by atoms with Crippen LogP contribution in [-0.4, -0.2) is 107 Å². The molecule has 3 aliphatic heterocycles. The molecule has 3 aliphatic rings. The number of hydrogen-bond donors (Lipinski definition) is 0. The fourth-order valence-electron chi connectivity index (χ4n) is 4.53. The predicted molar refractivity (Wildman–Crippen MR) is 106 cm³/mol. The van der Waals surface area contributed by atoms with Crippen molar-refractivity contribution < 1.29 is 23.9 Å². The Bertz CT molecular complexity index is 662. The van der Waals surface area contributed by atoms with Crippen molar-refractivity contribution in [3.05, 3.63) is 0 Å². The van der Waals surface area contributed by atoms with Crippen LogP contribution in [-0.2, 0) is 14.3 Å². The average molecular weight is 411 g/mol. The van der Waals surface area contributed by atoms with E-state index in [4.69, 9.17) is 9.47 Å². The number of fused-ring (bicyclic) bond motifs is 1. The van der Waals surface area contributed by atoms with Gasteiger partial charge >= 0.3 is 18.1 Å². The van der Waals surface area contributed by atoms with Crippen LogP contribution in [0.15, 0.2) is 0 Å². The summed E-state index contributed by atoms with van der Waals surface area (Å²) in [5.41, 5.74) is -0.543. The van der Waals surface area contributed by atoms with Crippen LogP contribution in [0.1, 0.15) is 41.0 Å². The first-order valence-electron chi connectivity index (χ1n) is 10.4. The van der Waals surface area contributed by atoms with Crippen LogP contribution in [0.3, 0.4) is 0 Å². The van der Waals surface area contributed by atoms with Gasteiger partial charge in [0.2, 0.25) is 0 Å². The normalized spacial score (nSPS) is 28.2. The van der Waals surface area contributed by atoms with Crippen LogP contribution in [0, 0.1) is 0 Å². The number of nitrogens with zero attached hydrogens (tertiary/aromatic N) is 4. The van der Waals surface area contributed by atoms with E-state index in [1.54, 1.807) is 4.90 Å². The highest BCUT2D eigenvalue weighted by atomic mass is 16.6. The van der Waals surface area contributed by atoms with Crippen molar-refractivity contribution in [1.82, 2.24) is 19.6 Å². The minimum Gasteiger partial charge on any atom is -0.468 e. The van der Waals surface area contributed by atoms with Gasteiger partial charge in [-0.3, -0.25) is 9.69 Å². The zero-order chi connectivity index (χ0) is 21.5. The molecular formula is C20H34N4O5. The Hall–Kier alpha value is -2.03. The molecular weight excluding hydrogens is 376 g/mol. The third-order valence-electron chi connectivity index (χ3n) is 5.93. The molecule has 0 N–H and O–H groups in total. The van der Waals surface area contributed by atoms with Crippen molar-refractivity contribution in [3.8, 4) is 0 Å². The molecule has 3 saturated heterocycles. The van der Waals surface area contributed by atoms with Gasteiger partial charge in [-0.05, 0) is 41.0 Å². The molecule has 3 atom stereocenters. The van der Waals surface area contributed by atoms with Gasteiger partial charge in [-0.25, -0.2) is 9.59 Å². The molecule has 9 heteroatoms. The van der Waals surface area contributed by atoms with Gasteiger partial charge in [0, 0.05) is 44.8 Å². The number of ether oxygens (including phenoxy) is 2. The number of methoxy groups -OCH3 is 1. The zero-order valence-electron chi connectivity index (χ0n) is 18.4. The van der Waals surface area contributed by atoms with Crippen molar-refractivity contribution in [2.24, 2.45) is 0 Å². The van der Waals surface area contributed by atoms with E-state index in [1.165, 1.54) is 7.11 Å². The van der Waals surface area contributed by atoms with E-state index >= 15 is 0 Å². The maximum absolute atomic E-state index is 13.0. The fraction of sp³-hybridized carbons (Fsp3) is 0.850. The number of esters is 1. The van der Waals surface area contributed by atoms with Gasteiger partial charge in [0.05, 0.1) is 13.2 Å². The number of piperazine rings is 1. The summed E-state index contributed by atoms with van der Waals surface area (Å²) in [5.74, 6) is -0.248. The van der Waals surface area contributed by atoms with Crippen molar-refractivity contribution in [2.75, 3.05) is 39.8 Å². The lowest BCUT2D eigenvalue weighted by Crippen LogP contribution is -2.54. The van der Waals surface area contributed by atoms with Crippen LogP contribution < -0.4 is 0 Å². The van der Waals surface area contributed by atoms with Crippen molar-refractivity contribution in [3.63, 3.8) is 0 Å². The first-order chi connectivity index (χ1) is 13.5. The summed E-state index contributed by atoms with van der Waals surface area (Å²) >= 11 is 0. The molecule has 0 aromatic rings. The SMILES string of the molecule is COC(=O)[C@@H]1C[C@H](N2C[C@@H]3CN(C(=O)OC(C)(C)C)CCN3C2=O)CN1C(C)C. The van der Waals surface area contributed by atoms with Gasteiger partial charge in [0.25, 0.3) is 0 Å².